The van der Waals surface area contributed by atoms with Crippen LogP contribution in [0.25, 0.3) is 0 Å². The topological polar surface area (TPSA) is 40.1 Å². The number of nitrogens with one attached hydrogen (secondary N) is 1. The molecule has 0 radical (unpaired) electrons. The molecule has 0 aliphatic carbocycles. The van der Waals surface area contributed by atoms with Crippen molar-refractivity contribution in [3.63, 3.8) is 0 Å². The Morgan fingerprint density at radius 1 is 1.29 bits per heavy atom. The lowest BCUT2D eigenvalue weighted by Gasteiger charge is -2.39. The third kappa shape index (κ3) is 4.01. The Hall–Kier alpha value is -0.0800. The van der Waals surface area contributed by atoms with Gasteiger partial charge in [-0.25, -0.2) is 0 Å². The van der Waals surface area contributed by atoms with E-state index in [9.17, 15) is 0 Å². The van der Waals surface area contributed by atoms with Crippen LogP contribution in [0.15, 0.2) is 4.99 Å². The summed E-state index contributed by atoms with van der Waals surface area (Å²) in [5.74, 6) is 1.07. The van der Waals surface area contributed by atoms with E-state index in [1.54, 1.807) is 0 Å². The molecule has 1 unspecified atom stereocenters. The molecule has 3 rings (SSSR count). The number of rotatable bonds is 3. The minimum atomic E-state index is 0. The minimum Gasteiger partial charge on any atom is -0.380 e. The smallest absolute Gasteiger partial charge is 0.193 e. The molecule has 0 aromatic rings. The SMILES string of the molecule is CN=C(NCC1(C)COC1)N1CCC(N2CCCC2)C1.I. The molecule has 0 bridgehead atoms. The molecule has 0 aromatic heterocycles. The molecular weight excluding hydrogens is 379 g/mol. The van der Waals surface area contributed by atoms with Crippen LogP contribution in [0.4, 0.5) is 0 Å². The second-order valence-electron chi connectivity index (χ2n) is 6.84. The molecular formula is C15H29IN4O. The Bertz CT molecular complexity index is 367. The number of hydrogen-bond donors (Lipinski definition) is 1. The van der Waals surface area contributed by atoms with Crippen molar-refractivity contribution < 1.29 is 4.74 Å². The van der Waals surface area contributed by atoms with Crippen molar-refractivity contribution in [1.82, 2.24) is 15.1 Å². The predicted octanol–water partition coefficient (Wildman–Crippen LogP) is 1.39. The summed E-state index contributed by atoms with van der Waals surface area (Å²) >= 11 is 0. The number of halogens is 1. The highest BCUT2D eigenvalue weighted by molar-refractivity contribution is 14.0. The number of hydrogen-bond acceptors (Lipinski definition) is 3. The normalized spacial score (nSPS) is 29.1. The van der Waals surface area contributed by atoms with Gasteiger partial charge in [0.2, 0.25) is 0 Å². The average molecular weight is 408 g/mol. The molecule has 3 saturated heterocycles. The number of guanidine groups is 1. The van der Waals surface area contributed by atoms with Gasteiger partial charge < -0.3 is 15.0 Å². The van der Waals surface area contributed by atoms with Crippen molar-refractivity contribution in [1.29, 1.82) is 0 Å². The van der Waals surface area contributed by atoms with Gasteiger partial charge in [0, 0.05) is 38.1 Å². The third-order valence-corrected chi connectivity index (χ3v) is 4.91. The first kappa shape index (κ1) is 17.3. The maximum atomic E-state index is 5.31. The first-order valence-corrected chi connectivity index (χ1v) is 7.98. The van der Waals surface area contributed by atoms with Gasteiger partial charge in [-0.1, -0.05) is 6.92 Å². The Balaban J connectivity index is 0.00000161. The van der Waals surface area contributed by atoms with Crippen molar-refractivity contribution >= 4 is 29.9 Å². The van der Waals surface area contributed by atoms with Gasteiger partial charge in [-0.2, -0.15) is 0 Å². The lowest BCUT2D eigenvalue weighted by molar-refractivity contribution is -0.0972. The van der Waals surface area contributed by atoms with Crippen LogP contribution in [0.3, 0.4) is 0 Å². The monoisotopic (exact) mass is 408 g/mol. The van der Waals surface area contributed by atoms with E-state index in [-0.39, 0.29) is 24.0 Å². The van der Waals surface area contributed by atoms with Gasteiger partial charge in [-0.3, -0.25) is 9.89 Å². The molecule has 21 heavy (non-hydrogen) atoms. The zero-order valence-electron chi connectivity index (χ0n) is 13.3. The van der Waals surface area contributed by atoms with Crippen LogP contribution in [-0.4, -0.2) is 74.8 Å². The molecule has 3 heterocycles. The molecule has 5 nitrogen and oxygen atoms in total. The molecule has 3 fully saturated rings. The molecule has 6 heteroatoms. The summed E-state index contributed by atoms with van der Waals surface area (Å²) in [5.41, 5.74) is 0.296. The van der Waals surface area contributed by atoms with E-state index < -0.39 is 0 Å². The van der Waals surface area contributed by atoms with Crippen molar-refractivity contribution in [2.24, 2.45) is 10.4 Å². The van der Waals surface area contributed by atoms with Gasteiger partial charge in [0.25, 0.3) is 0 Å². The van der Waals surface area contributed by atoms with Gasteiger partial charge in [0.15, 0.2) is 5.96 Å². The quantitative estimate of drug-likeness (QED) is 0.435. The predicted molar refractivity (Wildman–Crippen MR) is 96.5 cm³/mol. The Morgan fingerprint density at radius 2 is 2.00 bits per heavy atom. The van der Waals surface area contributed by atoms with Crippen molar-refractivity contribution in [3.05, 3.63) is 0 Å². The second-order valence-corrected chi connectivity index (χ2v) is 6.84. The molecule has 0 spiro atoms. The minimum absolute atomic E-state index is 0. The van der Waals surface area contributed by atoms with Crippen LogP contribution in [0.5, 0.6) is 0 Å². The van der Waals surface area contributed by atoms with Crippen LogP contribution >= 0.6 is 24.0 Å². The highest BCUT2D eigenvalue weighted by atomic mass is 127. The Labute approximate surface area is 145 Å². The van der Waals surface area contributed by atoms with E-state index >= 15 is 0 Å². The number of aliphatic imine (C=N–C) groups is 1. The second kappa shape index (κ2) is 7.46. The fourth-order valence-corrected chi connectivity index (χ4v) is 3.52. The largest absolute Gasteiger partial charge is 0.380 e. The lowest BCUT2D eigenvalue weighted by atomic mass is 9.89. The van der Waals surface area contributed by atoms with Gasteiger partial charge in [0.1, 0.15) is 0 Å². The lowest BCUT2D eigenvalue weighted by Crippen LogP contribution is -2.51. The van der Waals surface area contributed by atoms with Gasteiger partial charge >= 0.3 is 0 Å². The van der Waals surface area contributed by atoms with E-state index in [4.69, 9.17) is 4.74 Å². The highest BCUT2D eigenvalue weighted by Gasteiger charge is 2.35. The summed E-state index contributed by atoms with van der Waals surface area (Å²) in [7, 11) is 1.89. The van der Waals surface area contributed by atoms with E-state index in [2.05, 4.69) is 27.0 Å². The summed E-state index contributed by atoms with van der Waals surface area (Å²) in [4.78, 5) is 9.55. The first-order chi connectivity index (χ1) is 9.70. The van der Waals surface area contributed by atoms with Crippen LogP contribution in [0.2, 0.25) is 0 Å². The van der Waals surface area contributed by atoms with Crippen molar-refractivity contribution in [2.75, 3.05) is 53.0 Å². The first-order valence-electron chi connectivity index (χ1n) is 7.98. The van der Waals surface area contributed by atoms with E-state index in [1.165, 1.54) is 32.4 Å². The summed E-state index contributed by atoms with van der Waals surface area (Å²) < 4.78 is 5.31. The fourth-order valence-electron chi connectivity index (χ4n) is 3.52. The Morgan fingerprint density at radius 3 is 2.57 bits per heavy atom. The van der Waals surface area contributed by atoms with Crippen molar-refractivity contribution in [3.8, 4) is 0 Å². The van der Waals surface area contributed by atoms with Gasteiger partial charge in [0.05, 0.1) is 13.2 Å². The zero-order chi connectivity index (χ0) is 14.0. The van der Waals surface area contributed by atoms with Crippen LogP contribution in [0, 0.1) is 5.41 Å². The molecule has 0 saturated carbocycles. The molecule has 1 atom stereocenters. The number of ether oxygens (including phenoxy) is 1. The number of nitrogens with zero attached hydrogens (tertiary/aromatic N) is 3. The van der Waals surface area contributed by atoms with E-state index in [1.807, 2.05) is 7.05 Å². The molecule has 0 amide bonds. The highest BCUT2D eigenvalue weighted by Crippen LogP contribution is 2.25. The molecule has 122 valence electrons. The maximum absolute atomic E-state index is 5.31. The fraction of sp³-hybridized carbons (Fsp3) is 0.933. The standard InChI is InChI=1S/C15H28N4O.HI/c1-15(11-20-12-15)10-17-14(16-2)19-8-5-13(9-19)18-6-3-4-7-18;/h13H,3-12H2,1-2H3,(H,16,17);1H. The summed E-state index contributed by atoms with van der Waals surface area (Å²) in [6, 6.07) is 0.735. The zero-order valence-corrected chi connectivity index (χ0v) is 15.6. The van der Waals surface area contributed by atoms with E-state index in [0.717, 1.165) is 44.8 Å². The van der Waals surface area contributed by atoms with Crippen LogP contribution in [-0.2, 0) is 4.74 Å². The van der Waals surface area contributed by atoms with Crippen LogP contribution in [0.1, 0.15) is 26.2 Å². The van der Waals surface area contributed by atoms with Gasteiger partial charge in [-0.15, -0.1) is 24.0 Å². The average Bonchev–Trinajstić information content (AvgIpc) is 3.08. The molecule has 0 aromatic carbocycles. The molecule has 3 aliphatic heterocycles. The summed E-state index contributed by atoms with van der Waals surface area (Å²) in [6.07, 6.45) is 4.03. The Kier molecular flexibility index (Phi) is 6.14. The summed E-state index contributed by atoms with van der Waals surface area (Å²) in [6.45, 7) is 9.82. The van der Waals surface area contributed by atoms with Crippen molar-refractivity contribution in [2.45, 2.75) is 32.2 Å². The van der Waals surface area contributed by atoms with Crippen LogP contribution < -0.4 is 5.32 Å². The summed E-state index contributed by atoms with van der Waals surface area (Å²) in [5, 5.41) is 3.54. The van der Waals surface area contributed by atoms with E-state index in [0.29, 0.717) is 5.41 Å². The maximum Gasteiger partial charge on any atom is 0.193 e. The van der Waals surface area contributed by atoms with Gasteiger partial charge in [-0.05, 0) is 32.4 Å². The number of likely N-dealkylation sites (tertiary alicyclic amines) is 2. The third-order valence-electron chi connectivity index (χ3n) is 4.91. The molecule has 1 N–H and O–H groups in total. The molecule has 3 aliphatic rings.